The quantitative estimate of drug-likeness (QED) is 0.810. The Morgan fingerprint density at radius 1 is 1.56 bits per heavy atom. The number of pyridine rings is 1. The first kappa shape index (κ1) is 15.5. The number of halogens is 2. The fraction of sp³-hybridized carbons (Fsp3) is 0.545. The molecule has 0 spiro atoms. The molecule has 0 aromatic carbocycles. The summed E-state index contributed by atoms with van der Waals surface area (Å²) in [6.07, 6.45) is 2.47. The highest BCUT2D eigenvalue weighted by molar-refractivity contribution is 9.09. The van der Waals surface area contributed by atoms with Crippen molar-refractivity contribution >= 4 is 26.0 Å². The van der Waals surface area contributed by atoms with Gasteiger partial charge >= 0.3 is 0 Å². The first-order chi connectivity index (χ1) is 8.34. The summed E-state index contributed by atoms with van der Waals surface area (Å²) in [6.45, 7) is 3.66. The van der Waals surface area contributed by atoms with E-state index in [1.54, 1.807) is 6.92 Å². The van der Waals surface area contributed by atoms with E-state index >= 15 is 0 Å². The average molecular weight is 339 g/mol. The van der Waals surface area contributed by atoms with Gasteiger partial charge in [-0.1, -0.05) is 22.9 Å². The molecule has 1 atom stereocenters. The SMILES string of the molecule is CCC(C)(CCBr)NS(=O)(=O)c1ncccc1F. The van der Waals surface area contributed by atoms with Gasteiger partial charge in [-0.25, -0.2) is 22.5 Å². The highest BCUT2D eigenvalue weighted by atomic mass is 79.9. The Bertz CT molecular complexity index is 510. The molecule has 102 valence electrons. The summed E-state index contributed by atoms with van der Waals surface area (Å²) < 4.78 is 40.1. The van der Waals surface area contributed by atoms with Crippen molar-refractivity contribution in [3.8, 4) is 0 Å². The Morgan fingerprint density at radius 2 is 2.22 bits per heavy atom. The molecular weight excluding hydrogens is 323 g/mol. The summed E-state index contributed by atoms with van der Waals surface area (Å²) in [5.41, 5.74) is -0.619. The van der Waals surface area contributed by atoms with Crippen LogP contribution in [-0.2, 0) is 10.0 Å². The van der Waals surface area contributed by atoms with Crippen molar-refractivity contribution in [3.05, 3.63) is 24.1 Å². The number of nitrogens with one attached hydrogen (secondary N) is 1. The molecule has 0 aliphatic heterocycles. The zero-order valence-electron chi connectivity index (χ0n) is 10.3. The van der Waals surface area contributed by atoms with Crippen LogP contribution < -0.4 is 4.72 Å². The van der Waals surface area contributed by atoms with Gasteiger partial charge in [-0.3, -0.25) is 0 Å². The van der Waals surface area contributed by atoms with Crippen LogP contribution in [0.2, 0.25) is 0 Å². The first-order valence-electron chi connectivity index (χ1n) is 5.55. The van der Waals surface area contributed by atoms with E-state index < -0.39 is 26.4 Å². The Morgan fingerprint density at radius 3 is 2.72 bits per heavy atom. The minimum Gasteiger partial charge on any atom is -0.241 e. The van der Waals surface area contributed by atoms with E-state index in [9.17, 15) is 12.8 Å². The molecule has 1 unspecified atom stereocenters. The molecule has 0 saturated carbocycles. The first-order valence-corrected chi connectivity index (χ1v) is 8.15. The summed E-state index contributed by atoms with van der Waals surface area (Å²) in [5.74, 6) is -0.845. The molecular formula is C11H16BrFN2O2S. The molecule has 0 fully saturated rings. The molecule has 0 radical (unpaired) electrons. The van der Waals surface area contributed by atoms with Gasteiger partial charge in [0.05, 0.1) is 0 Å². The van der Waals surface area contributed by atoms with Crippen molar-refractivity contribution < 1.29 is 12.8 Å². The van der Waals surface area contributed by atoms with Crippen LogP contribution in [0.25, 0.3) is 0 Å². The lowest BCUT2D eigenvalue weighted by Gasteiger charge is -2.28. The fourth-order valence-corrected chi connectivity index (χ4v) is 3.84. The molecule has 18 heavy (non-hydrogen) atoms. The number of hydrogen-bond acceptors (Lipinski definition) is 3. The topological polar surface area (TPSA) is 59.1 Å². The van der Waals surface area contributed by atoms with Crippen LogP contribution in [0.5, 0.6) is 0 Å². The van der Waals surface area contributed by atoms with Gasteiger partial charge in [0.1, 0.15) is 0 Å². The second-order valence-corrected chi connectivity index (χ2v) is 6.64. The summed E-state index contributed by atoms with van der Waals surface area (Å²) >= 11 is 3.28. The van der Waals surface area contributed by atoms with Crippen molar-refractivity contribution in [2.24, 2.45) is 0 Å². The molecule has 0 saturated heterocycles. The van der Waals surface area contributed by atoms with Gasteiger partial charge in [-0.05, 0) is 31.9 Å². The summed E-state index contributed by atoms with van der Waals surface area (Å²) in [6, 6.07) is 2.43. The maximum Gasteiger partial charge on any atom is 0.261 e. The summed E-state index contributed by atoms with van der Waals surface area (Å²) in [5, 5.41) is 0.101. The third kappa shape index (κ3) is 3.73. The van der Waals surface area contributed by atoms with Gasteiger partial charge in [-0.2, -0.15) is 0 Å². The second-order valence-electron chi connectivity index (χ2n) is 4.25. The largest absolute Gasteiger partial charge is 0.261 e. The minimum atomic E-state index is -3.94. The molecule has 1 heterocycles. The molecule has 1 aromatic rings. The van der Waals surface area contributed by atoms with Crippen molar-refractivity contribution in [2.45, 2.75) is 37.3 Å². The van der Waals surface area contributed by atoms with Gasteiger partial charge in [0, 0.05) is 17.1 Å². The van der Waals surface area contributed by atoms with Crippen molar-refractivity contribution in [1.82, 2.24) is 9.71 Å². The van der Waals surface area contributed by atoms with Gasteiger partial charge in [-0.15, -0.1) is 0 Å². The molecule has 0 aliphatic rings. The molecule has 7 heteroatoms. The second kappa shape index (κ2) is 6.08. The average Bonchev–Trinajstić information content (AvgIpc) is 2.29. The van der Waals surface area contributed by atoms with E-state index in [2.05, 4.69) is 25.6 Å². The lowest BCUT2D eigenvalue weighted by molar-refractivity contribution is 0.390. The molecule has 1 aromatic heterocycles. The minimum absolute atomic E-state index is 0.556. The van der Waals surface area contributed by atoms with E-state index in [0.29, 0.717) is 18.2 Å². The van der Waals surface area contributed by atoms with Gasteiger partial charge < -0.3 is 0 Å². The predicted octanol–water partition coefficient (Wildman–Crippen LogP) is 2.45. The maximum absolute atomic E-state index is 13.5. The van der Waals surface area contributed by atoms with E-state index in [4.69, 9.17) is 0 Å². The van der Waals surface area contributed by atoms with Gasteiger partial charge in [0.25, 0.3) is 10.0 Å². The number of sulfonamides is 1. The number of rotatable bonds is 6. The van der Waals surface area contributed by atoms with Crippen molar-refractivity contribution in [1.29, 1.82) is 0 Å². The van der Waals surface area contributed by atoms with Crippen LogP contribution in [0.3, 0.4) is 0 Å². The van der Waals surface area contributed by atoms with Gasteiger partial charge in [0.15, 0.2) is 5.82 Å². The van der Waals surface area contributed by atoms with E-state index in [0.717, 1.165) is 6.07 Å². The van der Waals surface area contributed by atoms with Crippen LogP contribution in [0.1, 0.15) is 26.7 Å². The molecule has 0 amide bonds. The monoisotopic (exact) mass is 338 g/mol. The van der Waals surface area contributed by atoms with Crippen LogP contribution in [0, 0.1) is 5.82 Å². The smallest absolute Gasteiger partial charge is 0.241 e. The molecule has 0 aliphatic carbocycles. The molecule has 1 N–H and O–H groups in total. The number of nitrogens with zero attached hydrogens (tertiary/aromatic N) is 1. The van der Waals surface area contributed by atoms with Crippen LogP contribution in [-0.4, -0.2) is 24.3 Å². The Labute approximate surface area is 115 Å². The predicted molar refractivity (Wildman–Crippen MR) is 71.6 cm³/mol. The molecule has 4 nitrogen and oxygen atoms in total. The van der Waals surface area contributed by atoms with Crippen molar-refractivity contribution in [3.63, 3.8) is 0 Å². The van der Waals surface area contributed by atoms with E-state index in [-0.39, 0.29) is 0 Å². The normalized spacial score (nSPS) is 15.3. The maximum atomic E-state index is 13.5. The highest BCUT2D eigenvalue weighted by Crippen LogP contribution is 2.20. The van der Waals surface area contributed by atoms with Crippen LogP contribution >= 0.6 is 15.9 Å². The van der Waals surface area contributed by atoms with Crippen molar-refractivity contribution in [2.75, 3.05) is 5.33 Å². The van der Waals surface area contributed by atoms with Crippen LogP contribution in [0.15, 0.2) is 23.4 Å². The number of aromatic nitrogens is 1. The summed E-state index contributed by atoms with van der Waals surface area (Å²) in [7, 11) is -3.94. The third-order valence-electron chi connectivity index (χ3n) is 2.79. The Hall–Kier alpha value is -0.530. The standard InChI is InChI=1S/C11H16BrFN2O2S/c1-3-11(2,6-7-12)15-18(16,17)10-9(13)5-4-8-14-10/h4-5,8,15H,3,6-7H2,1-2H3. The molecule has 0 bridgehead atoms. The lowest BCUT2D eigenvalue weighted by Crippen LogP contribution is -2.46. The van der Waals surface area contributed by atoms with Crippen LogP contribution in [0.4, 0.5) is 4.39 Å². The Balaban J connectivity index is 3.06. The summed E-state index contributed by atoms with van der Waals surface area (Å²) in [4.78, 5) is 3.59. The van der Waals surface area contributed by atoms with E-state index in [1.165, 1.54) is 12.3 Å². The third-order valence-corrected chi connectivity index (χ3v) is 4.75. The van der Waals surface area contributed by atoms with Gasteiger partial charge in [0.2, 0.25) is 5.03 Å². The zero-order chi connectivity index (χ0) is 13.8. The lowest BCUT2D eigenvalue weighted by atomic mass is 9.98. The fourth-order valence-electron chi connectivity index (χ4n) is 1.45. The number of alkyl halides is 1. The number of hydrogen-bond donors (Lipinski definition) is 1. The Kier molecular flexibility index (Phi) is 5.24. The van der Waals surface area contributed by atoms with E-state index in [1.807, 2.05) is 6.92 Å². The zero-order valence-corrected chi connectivity index (χ0v) is 12.7. The highest BCUT2D eigenvalue weighted by Gasteiger charge is 2.30. The molecule has 1 rings (SSSR count).